The molecule has 0 aliphatic heterocycles. The molecular formula is C9H16O3. The highest BCUT2D eigenvalue weighted by atomic mass is 16.4. The summed E-state index contributed by atoms with van der Waals surface area (Å²) in [6, 6.07) is 0. The Bertz CT molecular complexity index is 163. The second-order valence-electron chi connectivity index (χ2n) is 3.02. The fourth-order valence-corrected chi connectivity index (χ4v) is 0.906. The van der Waals surface area contributed by atoms with Crippen molar-refractivity contribution in [3.05, 3.63) is 0 Å². The molecule has 0 saturated heterocycles. The van der Waals surface area contributed by atoms with Gasteiger partial charge in [-0.25, -0.2) is 0 Å². The Labute approximate surface area is 72.8 Å². The third-order valence-corrected chi connectivity index (χ3v) is 1.91. The van der Waals surface area contributed by atoms with E-state index in [2.05, 4.69) is 0 Å². The molecule has 0 aromatic carbocycles. The average molecular weight is 172 g/mol. The summed E-state index contributed by atoms with van der Waals surface area (Å²) in [7, 11) is 0. The first kappa shape index (κ1) is 11.1. The Hall–Kier alpha value is -0.860. The molecule has 0 rings (SSSR count). The number of carboxylic acid groups (broad SMARTS) is 1. The summed E-state index contributed by atoms with van der Waals surface area (Å²) >= 11 is 0. The van der Waals surface area contributed by atoms with E-state index in [1.165, 1.54) is 0 Å². The number of carbonyl (C=O) groups is 2. The molecule has 0 radical (unpaired) electrons. The van der Waals surface area contributed by atoms with Gasteiger partial charge in [-0.3, -0.25) is 9.59 Å². The van der Waals surface area contributed by atoms with E-state index in [0.717, 1.165) is 0 Å². The number of rotatable bonds is 6. The lowest BCUT2D eigenvalue weighted by molar-refractivity contribution is -0.141. The molecule has 3 heteroatoms. The highest BCUT2D eigenvalue weighted by Gasteiger charge is 2.10. The normalized spacial score (nSPS) is 12.5. The summed E-state index contributed by atoms with van der Waals surface area (Å²) in [6.45, 7) is 3.49. The van der Waals surface area contributed by atoms with Crippen molar-refractivity contribution in [1.82, 2.24) is 0 Å². The molecule has 0 aromatic heterocycles. The Morgan fingerprint density at radius 3 is 2.42 bits per heavy atom. The van der Waals surface area contributed by atoms with Crippen molar-refractivity contribution in [2.45, 2.75) is 39.5 Å². The van der Waals surface area contributed by atoms with Crippen LogP contribution in [0.25, 0.3) is 0 Å². The zero-order chi connectivity index (χ0) is 9.56. The van der Waals surface area contributed by atoms with Crippen LogP contribution in [0.4, 0.5) is 0 Å². The minimum absolute atomic E-state index is 0.215. The van der Waals surface area contributed by atoms with E-state index < -0.39 is 5.97 Å². The Kier molecular flexibility index (Phi) is 5.34. The van der Waals surface area contributed by atoms with Gasteiger partial charge in [-0.05, 0) is 12.8 Å². The summed E-state index contributed by atoms with van der Waals surface area (Å²) in [4.78, 5) is 21.2. The monoisotopic (exact) mass is 172 g/mol. The molecule has 1 N–H and O–H groups in total. The molecule has 70 valence electrons. The standard InChI is InChI=1S/C9H16O3/c1-3-8(10)6-4-5-7(2)9(11)12/h7H,3-6H2,1-2H3,(H,11,12). The highest BCUT2D eigenvalue weighted by Crippen LogP contribution is 2.08. The van der Waals surface area contributed by atoms with Crippen molar-refractivity contribution >= 4 is 11.8 Å². The van der Waals surface area contributed by atoms with Crippen LogP contribution >= 0.6 is 0 Å². The minimum atomic E-state index is -0.779. The van der Waals surface area contributed by atoms with Gasteiger partial charge in [0.05, 0.1) is 5.92 Å². The van der Waals surface area contributed by atoms with Gasteiger partial charge in [-0.2, -0.15) is 0 Å². The van der Waals surface area contributed by atoms with Gasteiger partial charge in [-0.15, -0.1) is 0 Å². The molecular weight excluding hydrogens is 156 g/mol. The lowest BCUT2D eigenvalue weighted by Crippen LogP contribution is -2.09. The fraction of sp³-hybridized carbons (Fsp3) is 0.778. The fourth-order valence-electron chi connectivity index (χ4n) is 0.906. The SMILES string of the molecule is CCC(=O)CCCC(C)C(=O)O. The van der Waals surface area contributed by atoms with Gasteiger partial charge in [-0.1, -0.05) is 13.8 Å². The van der Waals surface area contributed by atoms with Crippen LogP contribution in [-0.2, 0) is 9.59 Å². The molecule has 0 bridgehead atoms. The number of aliphatic carboxylic acids is 1. The largest absolute Gasteiger partial charge is 0.481 e. The van der Waals surface area contributed by atoms with Crippen molar-refractivity contribution in [2.24, 2.45) is 5.92 Å². The van der Waals surface area contributed by atoms with E-state index in [-0.39, 0.29) is 11.7 Å². The van der Waals surface area contributed by atoms with E-state index in [1.807, 2.05) is 6.92 Å². The Morgan fingerprint density at radius 1 is 1.42 bits per heavy atom. The van der Waals surface area contributed by atoms with Crippen molar-refractivity contribution in [2.75, 3.05) is 0 Å². The molecule has 0 spiro atoms. The van der Waals surface area contributed by atoms with Crippen molar-refractivity contribution in [3.63, 3.8) is 0 Å². The molecule has 0 saturated carbocycles. The molecule has 1 atom stereocenters. The zero-order valence-electron chi connectivity index (χ0n) is 7.67. The van der Waals surface area contributed by atoms with Crippen molar-refractivity contribution in [1.29, 1.82) is 0 Å². The lowest BCUT2D eigenvalue weighted by Gasteiger charge is -2.03. The van der Waals surface area contributed by atoms with Gasteiger partial charge in [0, 0.05) is 12.8 Å². The predicted octanol–water partition coefficient (Wildman–Crippen LogP) is 1.86. The molecule has 0 heterocycles. The number of carboxylic acids is 1. The maximum absolute atomic E-state index is 10.8. The average Bonchev–Trinajstić information content (AvgIpc) is 2.03. The molecule has 0 aliphatic rings. The first-order chi connectivity index (χ1) is 5.57. The third kappa shape index (κ3) is 4.88. The molecule has 0 amide bonds. The van der Waals surface area contributed by atoms with Crippen LogP contribution in [0.2, 0.25) is 0 Å². The molecule has 1 unspecified atom stereocenters. The lowest BCUT2D eigenvalue weighted by atomic mass is 10.0. The first-order valence-corrected chi connectivity index (χ1v) is 4.32. The van der Waals surface area contributed by atoms with Crippen LogP contribution in [0, 0.1) is 5.92 Å². The molecule has 0 fully saturated rings. The number of hydrogen-bond acceptors (Lipinski definition) is 2. The van der Waals surface area contributed by atoms with Gasteiger partial charge in [0.15, 0.2) is 0 Å². The molecule has 3 nitrogen and oxygen atoms in total. The van der Waals surface area contributed by atoms with Gasteiger partial charge in [0.25, 0.3) is 0 Å². The van der Waals surface area contributed by atoms with E-state index in [0.29, 0.717) is 25.7 Å². The van der Waals surface area contributed by atoms with Crippen LogP contribution in [0.15, 0.2) is 0 Å². The molecule has 0 aliphatic carbocycles. The molecule has 12 heavy (non-hydrogen) atoms. The summed E-state index contributed by atoms with van der Waals surface area (Å²) in [5.74, 6) is -0.888. The maximum Gasteiger partial charge on any atom is 0.306 e. The quantitative estimate of drug-likeness (QED) is 0.665. The van der Waals surface area contributed by atoms with Crippen LogP contribution in [-0.4, -0.2) is 16.9 Å². The van der Waals surface area contributed by atoms with Crippen LogP contribution in [0.1, 0.15) is 39.5 Å². The summed E-state index contributed by atoms with van der Waals surface area (Å²) in [5, 5.41) is 8.52. The topological polar surface area (TPSA) is 54.4 Å². The van der Waals surface area contributed by atoms with Gasteiger partial charge in [0.2, 0.25) is 0 Å². The first-order valence-electron chi connectivity index (χ1n) is 4.32. The second-order valence-corrected chi connectivity index (χ2v) is 3.02. The van der Waals surface area contributed by atoms with E-state index in [4.69, 9.17) is 5.11 Å². The summed E-state index contributed by atoms with van der Waals surface area (Å²) < 4.78 is 0. The van der Waals surface area contributed by atoms with Crippen molar-refractivity contribution < 1.29 is 14.7 Å². The number of hydrogen-bond donors (Lipinski definition) is 1. The number of Topliss-reactive ketones (excluding diaryl/α,β-unsaturated/α-hetero) is 1. The predicted molar refractivity (Wildman–Crippen MR) is 45.9 cm³/mol. The maximum atomic E-state index is 10.8. The summed E-state index contributed by atoms with van der Waals surface area (Å²) in [6.07, 6.45) is 2.37. The third-order valence-electron chi connectivity index (χ3n) is 1.91. The van der Waals surface area contributed by atoms with Crippen LogP contribution in [0.3, 0.4) is 0 Å². The van der Waals surface area contributed by atoms with Crippen LogP contribution < -0.4 is 0 Å². The minimum Gasteiger partial charge on any atom is -0.481 e. The molecule has 0 aromatic rings. The van der Waals surface area contributed by atoms with Crippen LogP contribution in [0.5, 0.6) is 0 Å². The van der Waals surface area contributed by atoms with Gasteiger partial charge < -0.3 is 5.11 Å². The Balaban J connectivity index is 3.43. The smallest absolute Gasteiger partial charge is 0.306 e. The van der Waals surface area contributed by atoms with E-state index >= 15 is 0 Å². The number of ketones is 1. The Morgan fingerprint density at radius 2 is 2.00 bits per heavy atom. The highest BCUT2D eigenvalue weighted by molar-refractivity contribution is 5.78. The van der Waals surface area contributed by atoms with Gasteiger partial charge in [0.1, 0.15) is 5.78 Å². The van der Waals surface area contributed by atoms with E-state index in [1.54, 1.807) is 6.92 Å². The summed E-state index contributed by atoms with van der Waals surface area (Å²) in [5.41, 5.74) is 0. The van der Waals surface area contributed by atoms with E-state index in [9.17, 15) is 9.59 Å². The van der Waals surface area contributed by atoms with Gasteiger partial charge >= 0.3 is 5.97 Å². The zero-order valence-corrected chi connectivity index (χ0v) is 7.67. The second kappa shape index (κ2) is 5.75. The number of carbonyl (C=O) groups excluding carboxylic acids is 1. The van der Waals surface area contributed by atoms with Crippen molar-refractivity contribution in [3.8, 4) is 0 Å².